The van der Waals surface area contributed by atoms with Crippen molar-refractivity contribution >= 4 is 17.5 Å². The van der Waals surface area contributed by atoms with Gasteiger partial charge in [-0.2, -0.15) is 0 Å². The predicted octanol–water partition coefficient (Wildman–Crippen LogP) is 4.73. The number of carbonyl (C=O) groups is 2. The molecule has 1 aliphatic rings. The maximum atomic E-state index is 12.9. The van der Waals surface area contributed by atoms with Crippen LogP contribution in [0.15, 0.2) is 42.5 Å². The van der Waals surface area contributed by atoms with Crippen molar-refractivity contribution in [3.8, 4) is 5.75 Å². The maximum absolute atomic E-state index is 12.9. The summed E-state index contributed by atoms with van der Waals surface area (Å²) in [5, 5.41) is 2.92. The minimum absolute atomic E-state index is 0.0243. The van der Waals surface area contributed by atoms with Gasteiger partial charge in [0.15, 0.2) is 6.10 Å². The van der Waals surface area contributed by atoms with Gasteiger partial charge in [0, 0.05) is 13.1 Å². The van der Waals surface area contributed by atoms with Gasteiger partial charge in [-0.3, -0.25) is 9.59 Å². The van der Waals surface area contributed by atoms with Crippen molar-refractivity contribution in [3.05, 3.63) is 59.2 Å². The maximum Gasteiger partial charge on any atom is 0.265 e. The second kappa shape index (κ2) is 9.59. The molecule has 29 heavy (non-hydrogen) atoms. The number of rotatable bonds is 6. The minimum Gasteiger partial charge on any atom is -0.481 e. The van der Waals surface area contributed by atoms with Crippen LogP contribution in [0.4, 0.5) is 5.69 Å². The summed E-state index contributed by atoms with van der Waals surface area (Å²) >= 11 is 0. The summed E-state index contributed by atoms with van der Waals surface area (Å²) in [6.07, 6.45) is 3.12. The van der Waals surface area contributed by atoms with E-state index < -0.39 is 6.10 Å². The number of nitrogens with zero attached hydrogens (tertiary/aromatic N) is 1. The highest BCUT2D eigenvalue weighted by Crippen LogP contribution is 2.22. The molecule has 0 aromatic heterocycles. The first-order valence-electron chi connectivity index (χ1n) is 10.4. The number of aryl methyl sites for hydroxylation is 2. The number of nitrogens with one attached hydrogen (secondary N) is 1. The van der Waals surface area contributed by atoms with Crippen molar-refractivity contribution in [1.29, 1.82) is 0 Å². The fraction of sp³-hybridized carbons (Fsp3) is 0.417. The molecular weight excluding hydrogens is 364 g/mol. The summed E-state index contributed by atoms with van der Waals surface area (Å²) in [5.41, 5.74) is 3.37. The van der Waals surface area contributed by atoms with Crippen molar-refractivity contribution in [3.63, 3.8) is 0 Å². The lowest BCUT2D eigenvalue weighted by molar-refractivity contribution is -0.122. The normalized spacial score (nSPS) is 14.9. The summed E-state index contributed by atoms with van der Waals surface area (Å²) in [4.78, 5) is 27.7. The Morgan fingerprint density at radius 1 is 1.03 bits per heavy atom. The number of carbonyl (C=O) groups excluding carboxylic acids is 2. The number of anilines is 1. The number of piperidine rings is 1. The summed E-state index contributed by atoms with van der Waals surface area (Å²) in [6, 6.07) is 13.0. The van der Waals surface area contributed by atoms with Crippen LogP contribution in [0.5, 0.6) is 5.75 Å². The highest BCUT2D eigenvalue weighted by atomic mass is 16.5. The van der Waals surface area contributed by atoms with Crippen LogP contribution in [-0.4, -0.2) is 35.9 Å². The third kappa shape index (κ3) is 5.17. The van der Waals surface area contributed by atoms with Gasteiger partial charge >= 0.3 is 0 Å². The number of ether oxygens (including phenoxy) is 1. The first kappa shape index (κ1) is 20.9. The molecule has 2 aromatic carbocycles. The number of para-hydroxylation sites is 1. The molecule has 2 amide bonds. The van der Waals surface area contributed by atoms with E-state index in [2.05, 4.69) is 5.32 Å². The van der Waals surface area contributed by atoms with Gasteiger partial charge in [0.2, 0.25) is 0 Å². The molecule has 1 fully saturated rings. The molecule has 1 N–H and O–H groups in total. The van der Waals surface area contributed by atoms with Crippen LogP contribution in [0, 0.1) is 13.8 Å². The van der Waals surface area contributed by atoms with Gasteiger partial charge in [-0.15, -0.1) is 0 Å². The number of benzene rings is 2. The fourth-order valence-corrected chi connectivity index (χ4v) is 3.53. The molecule has 0 aliphatic carbocycles. The van der Waals surface area contributed by atoms with Crippen LogP contribution >= 0.6 is 0 Å². The smallest absolute Gasteiger partial charge is 0.265 e. The zero-order chi connectivity index (χ0) is 20.8. The Morgan fingerprint density at radius 3 is 2.45 bits per heavy atom. The zero-order valence-corrected chi connectivity index (χ0v) is 17.5. The molecule has 5 heteroatoms. The van der Waals surface area contributed by atoms with E-state index in [0.29, 0.717) is 23.4 Å². The second-order valence-electron chi connectivity index (χ2n) is 7.65. The molecule has 2 aromatic rings. The van der Waals surface area contributed by atoms with Crippen LogP contribution in [0.25, 0.3) is 0 Å². The molecule has 0 bridgehead atoms. The third-order valence-electron chi connectivity index (χ3n) is 5.48. The summed E-state index contributed by atoms with van der Waals surface area (Å²) in [5.74, 6) is 0.404. The topological polar surface area (TPSA) is 58.6 Å². The van der Waals surface area contributed by atoms with Crippen LogP contribution in [-0.2, 0) is 4.79 Å². The van der Waals surface area contributed by atoms with E-state index in [4.69, 9.17) is 4.74 Å². The van der Waals surface area contributed by atoms with E-state index in [1.807, 2.05) is 56.0 Å². The van der Waals surface area contributed by atoms with Crippen LogP contribution in [0.3, 0.4) is 0 Å². The first-order chi connectivity index (χ1) is 14.0. The van der Waals surface area contributed by atoms with Gasteiger partial charge < -0.3 is 15.0 Å². The molecular formula is C24H30N2O3. The molecule has 0 spiro atoms. The van der Waals surface area contributed by atoms with Gasteiger partial charge in [0.25, 0.3) is 11.8 Å². The first-order valence-corrected chi connectivity index (χ1v) is 10.4. The molecule has 1 saturated heterocycles. The summed E-state index contributed by atoms with van der Waals surface area (Å²) in [7, 11) is 0. The standard InChI is InChI=1S/C24H30N2O3/c1-4-22(29-19-13-12-17(2)18(3)16-19)23(27)25-21-11-7-6-10-20(21)24(28)26-14-8-5-9-15-26/h6-7,10-13,16,22H,4-5,8-9,14-15H2,1-3H3,(H,25,27)/t22-/m1/s1. The van der Waals surface area contributed by atoms with E-state index in [0.717, 1.165) is 37.9 Å². The Labute approximate surface area is 173 Å². The molecule has 1 heterocycles. The Balaban J connectivity index is 1.73. The average Bonchev–Trinajstić information content (AvgIpc) is 2.75. The van der Waals surface area contributed by atoms with Crippen molar-refractivity contribution in [2.45, 2.75) is 52.6 Å². The van der Waals surface area contributed by atoms with Gasteiger partial charge in [-0.05, 0) is 74.9 Å². The van der Waals surface area contributed by atoms with Crippen LogP contribution in [0.2, 0.25) is 0 Å². The Kier molecular flexibility index (Phi) is 6.91. The van der Waals surface area contributed by atoms with Gasteiger partial charge in [-0.1, -0.05) is 25.1 Å². The van der Waals surface area contributed by atoms with E-state index in [-0.39, 0.29) is 11.8 Å². The quantitative estimate of drug-likeness (QED) is 0.771. The Morgan fingerprint density at radius 2 is 1.76 bits per heavy atom. The molecule has 1 aliphatic heterocycles. The summed E-state index contributed by atoms with van der Waals surface area (Å²) in [6.45, 7) is 7.52. The molecule has 0 unspecified atom stereocenters. The molecule has 5 nitrogen and oxygen atoms in total. The lowest BCUT2D eigenvalue weighted by atomic mass is 10.1. The van der Waals surface area contributed by atoms with E-state index >= 15 is 0 Å². The van der Waals surface area contributed by atoms with E-state index in [9.17, 15) is 9.59 Å². The number of hydrogen-bond donors (Lipinski definition) is 1. The lowest BCUT2D eigenvalue weighted by Crippen LogP contribution is -2.37. The third-order valence-corrected chi connectivity index (χ3v) is 5.48. The highest BCUT2D eigenvalue weighted by Gasteiger charge is 2.24. The lowest BCUT2D eigenvalue weighted by Gasteiger charge is -2.27. The van der Waals surface area contributed by atoms with Gasteiger partial charge in [-0.25, -0.2) is 0 Å². The zero-order valence-electron chi connectivity index (χ0n) is 17.5. The van der Waals surface area contributed by atoms with Gasteiger partial charge in [0.05, 0.1) is 11.3 Å². The molecule has 0 radical (unpaired) electrons. The molecule has 1 atom stereocenters. The summed E-state index contributed by atoms with van der Waals surface area (Å²) < 4.78 is 5.94. The van der Waals surface area contributed by atoms with Crippen molar-refractivity contribution < 1.29 is 14.3 Å². The van der Waals surface area contributed by atoms with E-state index in [1.54, 1.807) is 12.1 Å². The number of likely N-dealkylation sites (tertiary alicyclic amines) is 1. The SMILES string of the molecule is CC[C@@H](Oc1ccc(C)c(C)c1)C(=O)Nc1ccccc1C(=O)N1CCCCC1. The molecule has 0 saturated carbocycles. The highest BCUT2D eigenvalue weighted by molar-refractivity contribution is 6.04. The largest absolute Gasteiger partial charge is 0.481 e. The number of amides is 2. The van der Waals surface area contributed by atoms with Crippen molar-refractivity contribution in [2.24, 2.45) is 0 Å². The molecule has 154 valence electrons. The predicted molar refractivity (Wildman–Crippen MR) is 115 cm³/mol. The van der Waals surface area contributed by atoms with Gasteiger partial charge in [0.1, 0.15) is 5.75 Å². The minimum atomic E-state index is -0.629. The average molecular weight is 395 g/mol. The van der Waals surface area contributed by atoms with Crippen LogP contribution < -0.4 is 10.1 Å². The van der Waals surface area contributed by atoms with Crippen molar-refractivity contribution in [1.82, 2.24) is 4.90 Å². The fourth-order valence-electron chi connectivity index (χ4n) is 3.53. The van der Waals surface area contributed by atoms with Crippen molar-refractivity contribution in [2.75, 3.05) is 18.4 Å². The number of hydrogen-bond acceptors (Lipinski definition) is 3. The Hall–Kier alpha value is -2.82. The molecule has 3 rings (SSSR count). The monoisotopic (exact) mass is 394 g/mol. The van der Waals surface area contributed by atoms with Crippen LogP contribution in [0.1, 0.15) is 54.1 Å². The van der Waals surface area contributed by atoms with E-state index in [1.165, 1.54) is 5.56 Å². The Bertz CT molecular complexity index is 872. The second-order valence-corrected chi connectivity index (χ2v) is 7.65.